The fraction of sp³-hybridized carbons (Fsp3) is 0.600. The Balaban J connectivity index is 1.79. The zero-order valence-electron chi connectivity index (χ0n) is 11.0. The van der Waals surface area contributed by atoms with Gasteiger partial charge in [0.1, 0.15) is 5.15 Å². The predicted molar refractivity (Wildman–Crippen MR) is 75.3 cm³/mol. The zero-order valence-corrected chi connectivity index (χ0v) is 11.8. The first-order valence-electron chi connectivity index (χ1n) is 7.18. The lowest BCUT2D eigenvalue weighted by molar-refractivity contribution is 0.0390. The Labute approximate surface area is 119 Å². The molecular formula is C15H19ClN2O. The lowest BCUT2D eigenvalue weighted by Gasteiger charge is -2.44. The molecule has 19 heavy (non-hydrogen) atoms. The number of aromatic nitrogens is 1. The summed E-state index contributed by atoms with van der Waals surface area (Å²) < 4.78 is 0. The first kappa shape index (κ1) is 12.9. The van der Waals surface area contributed by atoms with E-state index >= 15 is 0 Å². The van der Waals surface area contributed by atoms with Crippen molar-refractivity contribution < 1.29 is 4.79 Å². The van der Waals surface area contributed by atoms with Crippen molar-refractivity contribution >= 4 is 17.5 Å². The second-order valence-corrected chi connectivity index (χ2v) is 6.01. The maximum atomic E-state index is 12.6. The van der Waals surface area contributed by atoms with E-state index in [0.29, 0.717) is 22.7 Å². The Morgan fingerprint density at radius 2 is 2.00 bits per heavy atom. The van der Waals surface area contributed by atoms with Gasteiger partial charge in [-0.3, -0.25) is 4.79 Å². The van der Waals surface area contributed by atoms with Crippen molar-refractivity contribution in [2.45, 2.75) is 44.6 Å². The molecule has 0 aromatic carbocycles. The number of halogens is 1. The largest absolute Gasteiger partial charge is 0.335 e. The van der Waals surface area contributed by atoms with Crippen LogP contribution in [0.2, 0.25) is 5.15 Å². The van der Waals surface area contributed by atoms with Crippen LogP contribution in [-0.4, -0.2) is 28.4 Å². The molecule has 2 atom stereocenters. The van der Waals surface area contributed by atoms with E-state index in [1.165, 1.54) is 25.7 Å². The number of piperidine rings is 1. The van der Waals surface area contributed by atoms with Crippen molar-refractivity contribution in [2.75, 3.05) is 6.54 Å². The van der Waals surface area contributed by atoms with Gasteiger partial charge in [0.25, 0.3) is 5.91 Å². The van der Waals surface area contributed by atoms with Crippen LogP contribution in [-0.2, 0) is 0 Å². The number of rotatable bonds is 1. The van der Waals surface area contributed by atoms with Crippen LogP contribution in [0.5, 0.6) is 0 Å². The summed E-state index contributed by atoms with van der Waals surface area (Å²) in [6, 6.07) is 3.92. The first-order chi connectivity index (χ1) is 9.25. The van der Waals surface area contributed by atoms with Crippen LogP contribution in [0.1, 0.15) is 48.9 Å². The highest BCUT2D eigenvalue weighted by molar-refractivity contribution is 6.29. The molecule has 1 aliphatic heterocycles. The molecule has 2 fully saturated rings. The van der Waals surface area contributed by atoms with Gasteiger partial charge in [-0.2, -0.15) is 0 Å². The Kier molecular flexibility index (Phi) is 3.74. The summed E-state index contributed by atoms with van der Waals surface area (Å²) in [6.45, 7) is 0.891. The van der Waals surface area contributed by atoms with Crippen molar-refractivity contribution in [1.82, 2.24) is 9.88 Å². The molecule has 2 aliphatic rings. The van der Waals surface area contributed by atoms with Crippen LogP contribution in [0, 0.1) is 5.92 Å². The van der Waals surface area contributed by atoms with Crippen LogP contribution in [0.15, 0.2) is 18.3 Å². The topological polar surface area (TPSA) is 33.2 Å². The van der Waals surface area contributed by atoms with Crippen molar-refractivity contribution in [3.05, 3.63) is 29.0 Å². The number of amides is 1. The Bertz CT molecular complexity index is 458. The molecule has 1 saturated carbocycles. The van der Waals surface area contributed by atoms with E-state index < -0.39 is 0 Å². The average Bonchev–Trinajstić information content (AvgIpc) is 2.47. The summed E-state index contributed by atoms with van der Waals surface area (Å²) >= 11 is 5.78. The molecule has 0 spiro atoms. The zero-order chi connectivity index (χ0) is 13.2. The summed E-state index contributed by atoms with van der Waals surface area (Å²) in [5.41, 5.74) is 0.663. The van der Waals surface area contributed by atoms with Crippen LogP contribution >= 0.6 is 11.6 Å². The minimum Gasteiger partial charge on any atom is -0.335 e. The number of pyridine rings is 1. The molecule has 3 nitrogen and oxygen atoms in total. The normalized spacial score (nSPS) is 26.9. The van der Waals surface area contributed by atoms with Crippen LogP contribution < -0.4 is 0 Å². The lowest BCUT2D eigenvalue weighted by Crippen LogP contribution is -2.49. The number of carbonyl (C=O) groups excluding carboxylic acids is 1. The lowest BCUT2D eigenvalue weighted by atomic mass is 9.78. The third-order valence-corrected chi connectivity index (χ3v) is 4.70. The SMILES string of the molecule is O=C(c1ccc(Cl)nc1)N1CCCC2CCCCC21. The number of hydrogen-bond donors (Lipinski definition) is 0. The predicted octanol–water partition coefficient (Wildman–Crippen LogP) is 3.53. The standard InChI is InChI=1S/C15H19ClN2O/c16-14-8-7-12(10-17-14)15(19)18-9-3-5-11-4-1-2-6-13(11)18/h7-8,10-11,13H,1-6,9H2. The summed E-state index contributed by atoms with van der Waals surface area (Å²) in [6.07, 6.45) is 9.04. The highest BCUT2D eigenvalue weighted by atomic mass is 35.5. The quantitative estimate of drug-likeness (QED) is 0.736. The maximum absolute atomic E-state index is 12.6. The number of fused-ring (bicyclic) bond motifs is 1. The van der Waals surface area contributed by atoms with Gasteiger partial charge in [0.05, 0.1) is 5.56 Å². The second kappa shape index (κ2) is 5.49. The number of likely N-dealkylation sites (tertiary alicyclic amines) is 1. The molecular weight excluding hydrogens is 260 g/mol. The highest BCUT2D eigenvalue weighted by Crippen LogP contribution is 2.35. The molecule has 2 unspecified atom stereocenters. The van der Waals surface area contributed by atoms with Gasteiger partial charge in [0.2, 0.25) is 0 Å². The van der Waals surface area contributed by atoms with Gasteiger partial charge in [-0.1, -0.05) is 24.4 Å². The third-order valence-electron chi connectivity index (χ3n) is 4.48. The molecule has 4 heteroatoms. The van der Waals surface area contributed by atoms with Gasteiger partial charge < -0.3 is 4.90 Å². The Hall–Kier alpha value is -1.09. The Morgan fingerprint density at radius 1 is 1.21 bits per heavy atom. The monoisotopic (exact) mass is 278 g/mol. The van der Waals surface area contributed by atoms with E-state index in [0.717, 1.165) is 19.4 Å². The van der Waals surface area contributed by atoms with E-state index in [-0.39, 0.29) is 5.91 Å². The van der Waals surface area contributed by atoms with Crippen molar-refractivity contribution in [3.8, 4) is 0 Å². The van der Waals surface area contributed by atoms with Gasteiger partial charge in [-0.15, -0.1) is 0 Å². The van der Waals surface area contributed by atoms with Gasteiger partial charge in [-0.25, -0.2) is 4.98 Å². The third kappa shape index (κ3) is 2.62. The molecule has 1 aromatic heterocycles. The molecule has 1 aliphatic carbocycles. The Morgan fingerprint density at radius 3 is 2.79 bits per heavy atom. The van der Waals surface area contributed by atoms with Gasteiger partial charge in [0.15, 0.2) is 0 Å². The van der Waals surface area contributed by atoms with E-state index in [1.54, 1.807) is 18.3 Å². The van der Waals surface area contributed by atoms with Crippen molar-refractivity contribution in [1.29, 1.82) is 0 Å². The molecule has 0 N–H and O–H groups in total. The summed E-state index contributed by atoms with van der Waals surface area (Å²) in [5, 5.41) is 0.436. The summed E-state index contributed by atoms with van der Waals surface area (Å²) in [5.74, 6) is 0.840. The van der Waals surface area contributed by atoms with Crippen LogP contribution in [0.4, 0.5) is 0 Å². The smallest absolute Gasteiger partial charge is 0.255 e. The average molecular weight is 279 g/mol. The molecule has 102 valence electrons. The number of hydrogen-bond acceptors (Lipinski definition) is 2. The van der Waals surface area contributed by atoms with E-state index in [9.17, 15) is 4.79 Å². The number of carbonyl (C=O) groups is 1. The van der Waals surface area contributed by atoms with E-state index in [2.05, 4.69) is 9.88 Å². The maximum Gasteiger partial charge on any atom is 0.255 e. The molecule has 1 saturated heterocycles. The molecule has 0 bridgehead atoms. The van der Waals surface area contributed by atoms with Crippen LogP contribution in [0.3, 0.4) is 0 Å². The highest BCUT2D eigenvalue weighted by Gasteiger charge is 2.35. The molecule has 2 heterocycles. The fourth-order valence-electron chi connectivity index (χ4n) is 3.55. The van der Waals surface area contributed by atoms with Gasteiger partial charge in [0, 0.05) is 18.8 Å². The van der Waals surface area contributed by atoms with Crippen molar-refractivity contribution in [3.63, 3.8) is 0 Å². The molecule has 1 aromatic rings. The number of nitrogens with zero attached hydrogens (tertiary/aromatic N) is 2. The first-order valence-corrected chi connectivity index (χ1v) is 7.56. The van der Waals surface area contributed by atoms with E-state index in [4.69, 9.17) is 11.6 Å². The molecule has 0 radical (unpaired) electrons. The van der Waals surface area contributed by atoms with Crippen LogP contribution in [0.25, 0.3) is 0 Å². The molecule has 3 rings (SSSR count). The minimum atomic E-state index is 0.126. The fourth-order valence-corrected chi connectivity index (χ4v) is 3.66. The minimum absolute atomic E-state index is 0.126. The van der Waals surface area contributed by atoms with Gasteiger partial charge in [-0.05, 0) is 43.7 Å². The van der Waals surface area contributed by atoms with Gasteiger partial charge >= 0.3 is 0 Å². The second-order valence-electron chi connectivity index (χ2n) is 5.62. The summed E-state index contributed by atoms with van der Waals surface area (Å²) in [4.78, 5) is 18.7. The van der Waals surface area contributed by atoms with Crippen molar-refractivity contribution in [2.24, 2.45) is 5.92 Å². The molecule has 1 amide bonds. The van der Waals surface area contributed by atoms with E-state index in [1.807, 2.05) is 0 Å². The summed E-state index contributed by atoms with van der Waals surface area (Å²) in [7, 11) is 0.